The molecular weight excluding hydrogens is 264 g/mol. The van der Waals surface area contributed by atoms with Crippen molar-refractivity contribution < 1.29 is 14.7 Å². The van der Waals surface area contributed by atoms with E-state index in [1.165, 1.54) is 12.3 Å². The minimum Gasteiger partial charge on any atom is -0.478 e. The zero-order chi connectivity index (χ0) is 14.3. The Kier molecular flexibility index (Phi) is 6.08. The molecule has 0 aliphatic rings. The van der Waals surface area contributed by atoms with Crippen molar-refractivity contribution in [3.05, 3.63) is 35.7 Å². The molecule has 0 atom stereocenters. The van der Waals surface area contributed by atoms with Crippen LogP contribution in [0.3, 0.4) is 0 Å². The van der Waals surface area contributed by atoms with Crippen molar-refractivity contribution >= 4 is 29.7 Å². The Morgan fingerprint density at radius 2 is 2.21 bits per heavy atom. The zero-order valence-corrected chi connectivity index (χ0v) is 11.7. The van der Waals surface area contributed by atoms with E-state index in [2.05, 4.69) is 4.98 Å². The Balaban J connectivity index is 2.70. The van der Waals surface area contributed by atoms with E-state index in [1.54, 1.807) is 35.8 Å². The van der Waals surface area contributed by atoms with Gasteiger partial charge in [-0.05, 0) is 24.0 Å². The minimum absolute atomic E-state index is 0.136. The Hall–Kier alpha value is -1.82. The van der Waals surface area contributed by atoms with Gasteiger partial charge in [0.2, 0.25) is 0 Å². The smallest absolute Gasteiger partial charge is 0.328 e. The van der Waals surface area contributed by atoms with Crippen molar-refractivity contribution in [1.82, 2.24) is 9.88 Å². The number of carboxylic acid groups (broad SMARTS) is 1. The van der Waals surface area contributed by atoms with Crippen LogP contribution in [0.25, 0.3) is 6.08 Å². The molecular formula is C13H16N2O3S. The summed E-state index contributed by atoms with van der Waals surface area (Å²) in [5, 5.41) is 8.50. The van der Waals surface area contributed by atoms with Gasteiger partial charge in [-0.25, -0.2) is 4.79 Å². The zero-order valence-electron chi connectivity index (χ0n) is 10.9. The van der Waals surface area contributed by atoms with E-state index in [0.717, 1.165) is 11.8 Å². The summed E-state index contributed by atoms with van der Waals surface area (Å²) in [7, 11) is 1.73. The largest absolute Gasteiger partial charge is 0.478 e. The highest BCUT2D eigenvalue weighted by Crippen LogP contribution is 2.05. The third kappa shape index (κ3) is 5.13. The number of hydrogen-bond acceptors (Lipinski definition) is 4. The number of hydrogen-bond donors (Lipinski definition) is 1. The van der Waals surface area contributed by atoms with Crippen LogP contribution in [0.1, 0.15) is 16.1 Å². The van der Waals surface area contributed by atoms with Crippen LogP contribution in [-0.4, -0.2) is 52.5 Å². The second-order valence-electron chi connectivity index (χ2n) is 3.87. The number of aromatic nitrogens is 1. The highest BCUT2D eigenvalue weighted by Gasteiger charge is 2.11. The van der Waals surface area contributed by atoms with Crippen molar-refractivity contribution in [1.29, 1.82) is 0 Å². The maximum absolute atomic E-state index is 12.0. The van der Waals surface area contributed by atoms with Crippen LogP contribution < -0.4 is 0 Å². The fourth-order valence-corrected chi connectivity index (χ4v) is 1.78. The van der Waals surface area contributed by atoms with Gasteiger partial charge in [0.1, 0.15) is 5.69 Å². The molecule has 0 saturated heterocycles. The third-order valence-corrected chi connectivity index (χ3v) is 2.99. The first-order chi connectivity index (χ1) is 9.04. The molecule has 0 bridgehead atoms. The van der Waals surface area contributed by atoms with Gasteiger partial charge in [-0.3, -0.25) is 9.78 Å². The van der Waals surface area contributed by atoms with E-state index in [9.17, 15) is 9.59 Å². The summed E-state index contributed by atoms with van der Waals surface area (Å²) in [6.45, 7) is 0.669. The monoisotopic (exact) mass is 280 g/mol. The first-order valence-corrected chi connectivity index (χ1v) is 7.05. The average molecular weight is 280 g/mol. The summed E-state index contributed by atoms with van der Waals surface area (Å²) in [6.07, 6.45) is 5.93. The Morgan fingerprint density at radius 3 is 2.74 bits per heavy atom. The van der Waals surface area contributed by atoms with Gasteiger partial charge in [0.25, 0.3) is 5.91 Å². The molecule has 0 fully saturated rings. The van der Waals surface area contributed by atoms with Crippen LogP contribution in [0.2, 0.25) is 0 Å². The van der Waals surface area contributed by atoms with Crippen molar-refractivity contribution in [3.63, 3.8) is 0 Å². The highest BCUT2D eigenvalue weighted by atomic mass is 32.2. The number of carboxylic acids is 1. The number of amides is 1. The molecule has 102 valence electrons. The van der Waals surface area contributed by atoms with Gasteiger partial charge in [-0.15, -0.1) is 0 Å². The van der Waals surface area contributed by atoms with Gasteiger partial charge < -0.3 is 10.0 Å². The van der Waals surface area contributed by atoms with Gasteiger partial charge in [0.15, 0.2) is 0 Å². The summed E-state index contributed by atoms with van der Waals surface area (Å²) in [4.78, 5) is 28.0. The standard InChI is InChI=1S/C13H16N2O3S/c1-15(7-8-19-2)13(18)11-5-3-10(9-14-11)4-6-12(16)17/h3-6,9H,7-8H2,1-2H3,(H,16,17)/b6-4+. The molecule has 0 aliphatic carbocycles. The van der Waals surface area contributed by atoms with Crippen molar-refractivity contribution in [2.24, 2.45) is 0 Å². The Labute approximate surface area is 116 Å². The van der Waals surface area contributed by atoms with E-state index >= 15 is 0 Å². The Morgan fingerprint density at radius 1 is 1.47 bits per heavy atom. The van der Waals surface area contributed by atoms with Crippen molar-refractivity contribution in [2.45, 2.75) is 0 Å². The molecule has 1 rings (SSSR count). The number of carbonyl (C=O) groups is 2. The maximum atomic E-state index is 12.0. The van der Waals surface area contributed by atoms with E-state index < -0.39 is 5.97 Å². The lowest BCUT2D eigenvalue weighted by Gasteiger charge is -2.15. The summed E-state index contributed by atoms with van der Waals surface area (Å²) in [5.41, 5.74) is 1.00. The van der Waals surface area contributed by atoms with E-state index in [0.29, 0.717) is 17.8 Å². The lowest BCUT2D eigenvalue weighted by molar-refractivity contribution is -0.131. The first kappa shape index (κ1) is 15.2. The van der Waals surface area contributed by atoms with Crippen LogP contribution in [0, 0.1) is 0 Å². The molecule has 0 unspecified atom stereocenters. The van der Waals surface area contributed by atoms with Crippen LogP contribution in [0.15, 0.2) is 24.4 Å². The quantitative estimate of drug-likeness (QED) is 0.802. The fraction of sp³-hybridized carbons (Fsp3) is 0.308. The number of thioether (sulfide) groups is 1. The van der Waals surface area contributed by atoms with Crippen LogP contribution in [0.4, 0.5) is 0 Å². The number of nitrogens with zero attached hydrogens (tertiary/aromatic N) is 2. The maximum Gasteiger partial charge on any atom is 0.328 e. The van der Waals surface area contributed by atoms with E-state index in [4.69, 9.17) is 5.11 Å². The molecule has 1 N–H and O–H groups in total. The summed E-state index contributed by atoms with van der Waals surface area (Å²) in [5.74, 6) is -0.276. The molecule has 5 nitrogen and oxygen atoms in total. The van der Waals surface area contributed by atoms with Gasteiger partial charge >= 0.3 is 5.97 Å². The second-order valence-corrected chi connectivity index (χ2v) is 4.85. The Bertz CT molecular complexity index is 471. The molecule has 0 aliphatic heterocycles. The molecule has 6 heteroatoms. The van der Waals surface area contributed by atoms with Gasteiger partial charge in [0.05, 0.1) is 0 Å². The highest BCUT2D eigenvalue weighted by molar-refractivity contribution is 7.98. The summed E-state index contributed by atoms with van der Waals surface area (Å²) >= 11 is 1.68. The summed E-state index contributed by atoms with van der Waals surface area (Å²) < 4.78 is 0. The predicted molar refractivity (Wildman–Crippen MR) is 76.2 cm³/mol. The normalized spacial score (nSPS) is 10.6. The third-order valence-electron chi connectivity index (χ3n) is 2.40. The van der Waals surface area contributed by atoms with Gasteiger partial charge in [0, 0.05) is 31.6 Å². The number of carbonyl (C=O) groups excluding carboxylic acids is 1. The molecule has 1 aromatic heterocycles. The predicted octanol–water partition coefficient (Wildman–Crippen LogP) is 1.61. The second kappa shape index (κ2) is 7.58. The lowest BCUT2D eigenvalue weighted by Crippen LogP contribution is -2.29. The van der Waals surface area contributed by atoms with Crippen molar-refractivity contribution in [2.75, 3.05) is 25.6 Å². The van der Waals surface area contributed by atoms with E-state index in [-0.39, 0.29) is 5.91 Å². The molecule has 19 heavy (non-hydrogen) atoms. The van der Waals surface area contributed by atoms with Crippen molar-refractivity contribution in [3.8, 4) is 0 Å². The lowest BCUT2D eigenvalue weighted by atomic mass is 10.2. The summed E-state index contributed by atoms with van der Waals surface area (Å²) in [6, 6.07) is 3.27. The average Bonchev–Trinajstić information content (AvgIpc) is 2.42. The van der Waals surface area contributed by atoms with Gasteiger partial charge in [-0.2, -0.15) is 11.8 Å². The molecule has 1 heterocycles. The molecule has 1 aromatic rings. The fourth-order valence-electron chi connectivity index (χ4n) is 1.32. The molecule has 0 spiro atoms. The first-order valence-electron chi connectivity index (χ1n) is 5.66. The van der Waals surface area contributed by atoms with Crippen LogP contribution >= 0.6 is 11.8 Å². The molecule has 0 saturated carbocycles. The van der Waals surface area contributed by atoms with Crippen LogP contribution in [-0.2, 0) is 4.79 Å². The molecule has 0 aromatic carbocycles. The number of rotatable bonds is 6. The SMILES string of the molecule is CSCCN(C)C(=O)c1ccc(/C=C/C(=O)O)cn1. The number of aliphatic carboxylic acids is 1. The minimum atomic E-state index is -1.02. The topological polar surface area (TPSA) is 70.5 Å². The molecule has 1 amide bonds. The van der Waals surface area contributed by atoms with Gasteiger partial charge in [-0.1, -0.05) is 6.07 Å². The number of pyridine rings is 1. The molecule has 0 radical (unpaired) electrons. The van der Waals surface area contributed by atoms with E-state index in [1.807, 2.05) is 6.26 Å². The van der Waals surface area contributed by atoms with Crippen LogP contribution in [0.5, 0.6) is 0 Å².